The average molecular weight is 446 g/mol. The second-order valence-electron chi connectivity index (χ2n) is 6.25. The summed E-state index contributed by atoms with van der Waals surface area (Å²) in [6.45, 7) is 0. The lowest BCUT2D eigenvalue weighted by Gasteiger charge is -2.08. The summed E-state index contributed by atoms with van der Waals surface area (Å²) in [5.74, 6) is -1.31. The number of hydrogen-bond donors (Lipinski definition) is 0. The number of carbonyl (C=O) groups excluding carboxylic acids is 1. The molecule has 0 saturated carbocycles. The summed E-state index contributed by atoms with van der Waals surface area (Å²) in [7, 11) is -2.89. The molecule has 1 aromatic carbocycles. The van der Waals surface area contributed by atoms with Crippen LogP contribution in [0, 0.1) is 5.95 Å². The van der Waals surface area contributed by atoms with Crippen LogP contribution in [0.2, 0.25) is 5.15 Å². The number of pyridine rings is 2. The highest BCUT2D eigenvalue weighted by Gasteiger charge is 2.25. The van der Waals surface area contributed by atoms with Gasteiger partial charge in [-0.25, -0.2) is 27.2 Å². The van der Waals surface area contributed by atoms with Crippen LogP contribution in [-0.4, -0.2) is 35.4 Å². The van der Waals surface area contributed by atoms with Gasteiger partial charge in [0.15, 0.2) is 0 Å². The predicted molar refractivity (Wildman–Crippen MR) is 108 cm³/mol. The number of halogens is 2. The molecule has 30 heavy (non-hydrogen) atoms. The fourth-order valence-electron chi connectivity index (χ4n) is 3.02. The van der Waals surface area contributed by atoms with Gasteiger partial charge in [-0.2, -0.15) is 4.39 Å². The summed E-state index contributed by atoms with van der Waals surface area (Å²) in [6, 6.07) is 10.3. The molecule has 4 aromatic rings. The fourth-order valence-corrected chi connectivity index (χ4v) is 4.44. The maximum absolute atomic E-state index is 13.2. The van der Waals surface area contributed by atoms with E-state index in [1.165, 1.54) is 43.8 Å². The summed E-state index contributed by atoms with van der Waals surface area (Å²) >= 11 is 5.76. The van der Waals surface area contributed by atoms with Crippen molar-refractivity contribution in [3.8, 4) is 11.1 Å². The Bertz CT molecular complexity index is 1370. The molecule has 0 radical (unpaired) electrons. The van der Waals surface area contributed by atoms with Crippen molar-refractivity contribution in [2.45, 2.75) is 4.90 Å². The topological polar surface area (TPSA) is 91.2 Å². The van der Waals surface area contributed by atoms with Gasteiger partial charge in [-0.05, 0) is 35.9 Å². The molecule has 0 amide bonds. The van der Waals surface area contributed by atoms with E-state index in [4.69, 9.17) is 16.3 Å². The second kappa shape index (κ2) is 7.51. The van der Waals surface area contributed by atoms with Crippen LogP contribution in [0.15, 0.2) is 66.0 Å². The smallest absolute Gasteiger partial charge is 0.340 e. The van der Waals surface area contributed by atoms with Gasteiger partial charge in [0, 0.05) is 29.5 Å². The lowest BCUT2D eigenvalue weighted by Crippen LogP contribution is -2.12. The van der Waals surface area contributed by atoms with E-state index in [9.17, 15) is 17.6 Å². The Morgan fingerprint density at radius 2 is 1.83 bits per heavy atom. The summed E-state index contributed by atoms with van der Waals surface area (Å²) < 4.78 is 45.4. The third-order valence-electron chi connectivity index (χ3n) is 4.49. The Kier molecular flexibility index (Phi) is 5.00. The van der Waals surface area contributed by atoms with Crippen molar-refractivity contribution < 1.29 is 22.3 Å². The molecule has 0 spiro atoms. The molecule has 0 aliphatic rings. The van der Waals surface area contributed by atoms with E-state index in [2.05, 4.69) is 9.97 Å². The molecule has 0 aliphatic carbocycles. The molecule has 4 rings (SSSR count). The minimum Gasteiger partial charge on any atom is -0.465 e. The van der Waals surface area contributed by atoms with Crippen LogP contribution in [0.5, 0.6) is 0 Å². The van der Waals surface area contributed by atoms with Gasteiger partial charge in [-0.1, -0.05) is 23.7 Å². The molecule has 0 saturated heterocycles. The van der Waals surface area contributed by atoms with E-state index in [0.717, 1.165) is 10.2 Å². The first-order valence-electron chi connectivity index (χ1n) is 8.54. The Morgan fingerprint density at radius 3 is 2.47 bits per heavy atom. The minimum absolute atomic E-state index is 0.0850. The number of carbonyl (C=O) groups is 1. The Morgan fingerprint density at radius 1 is 1.07 bits per heavy atom. The fraction of sp³-hybridized carbons (Fsp3) is 0.0500. The van der Waals surface area contributed by atoms with Gasteiger partial charge in [0.25, 0.3) is 10.0 Å². The number of esters is 1. The van der Waals surface area contributed by atoms with Crippen molar-refractivity contribution in [3.63, 3.8) is 0 Å². The number of benzene rings is 1. The molecule has 0 N–H and O–H groups in total. The third kappa shape index (κ3) is 3.42. The van der Waals surface area contributed by atoms with E-state index in [0.29, 0.717) is 16.5 Å². The largest absolute Gasteiger partial charge is 0.465 e. The predicted octanol–water partition coefficient (Wildman–Crippen LogP) is 3.91. The first-order valence-corrected chi connectivity index (χ1v) is 10.4. The monoisotopic (exact) mass is 445 g/mol. The number of hydrogen-bond acceptors (Lipinski definition) is 6. The lowest BCUT2D eigenvalue weighted by molar-refractivity contribution is 0.0603. The van der Waals surface area contributed by atoms with Crippen molar-refractivity contribution >= 4 is 38.5 Å². The molecule has 7 nitrogen and oxygen atoms in total. The number of nitrogens with zero attached hydrogens (tertiary/aromatic N) is 3. The van der Waals surface area contributed by atoms with Crippen LogP contribution in [0.1, 0.15) is 10.4 Å². The van der Waals surface area contributed by atoms with Crippen LogP contribution >= 0.6 is 11.6 Å². The highest BCUT2D eigenvalue weighted by molar-refractivity contribution is 7.90. The Hall–Kier alpha value is -3.30. The maximum Gasteiger partial charge on any atom is 0.340 e. The molecule has 152 valence electrons. The second-order valence-corrected chi connectivity index (χ2v) is 8.46. The maximum atomic E-state index is 13.2. The van der Waals surface area contributed by atoms with E-state index in [-0.39, 0.29) is 21.1 Å². The highest BCUT2D eigenvalue weighted by atomic mass is 35.5. The number of ether oxygens (including phenoxy) is 1. The molecular formula is C20H13ClFN3O4S. The number of fused-ring (bicyclic) bond motifs is 1. The van der Waals surface area contributed by atoms with E-state index in [1.54, 1.807) is 18.2 Å². The van der Waals surface area contributed by atoms with Gasteiger partial charge in [0.1, 0.15) is 10.0 Å². The molecular weight excluding hydrogens is 433 g/mol. The summed E-state index contributed by atoms with van der Waals surface area (Å²) in [5, 5.41) is 0.527. The normalized spacial score (nSPS) is 11.6. The van der Waals surface area contributed by atoms with E-state index in [1.807, 2.05) is 0 Å². The van der Waals surface area contributed by atoms with Gasteiger partial charge >= 0.3 is 5.97 Å². The Labute approximate surface area is 175 Å². The molecule has 0 fully saturated rings. The van der Waals surface area contributed by atoms with Gasteiger partial charge in [-0.3, -0.25) is 0 Å². The van der Waals surface area contributed by atoms with Crippen molar-refractivity contribution in [1.29, 1.82) is 0 Å². The molecule has 0 atom stereocenters. The van der Waals surface area contributed by atoms with Crippen LogP contribution in [-0.2, 0) is 14.8 Å². The zero-order valence-corrected chi connectivity index (χ0v) is 17.0. The molecule has 3 heterocycles. The van der Waals surface area contributed by atoms with Crippen molar-refractivity contribution in [3.05, 3.63) is 77.7 Å². The van der Waals surface area contributed by atoms with Gasteiger partial charge in [-0.15, -0.1) is 0 Å². The molecule has 0 unspecified atom stereocenters. The quantitative estimate of drug-likeness (QED) is 0.349. The number of rotatable bonds is 4. The first-order chi connectivity index (χ1) is 14.3. The number of aromatic nitrogens is 3. The van der Waals surface area contributed by atoms with Crippen molar-refractivity contribution in [2.24, 2.45) is 0 Å². The van der Waals surface area contributed by atoms with Gasteiger partial charge < -0.3 is 4.74 Å². The average Bonchev–Trinajstić information content (AvgIpc) is 3.14. The first kappa shape index (κ1) is 20.0. The minimum atomic E-state index is -4.10. The zero-order valence-electron chi connectivity index (χ0n) is 15.4. The Balaban J connectivity index is 1.97. The van der Waals surface area contributed by atoms with Crippen LogP contribution in [0.4, 0.5) is 4.39 Å². The molecule has 0 aliphatic heterocycles. The number of methoxy groups -OCH3 is 1. The highest BCUT2D eigenvalue weighted by Crippen LogP contribution is 2.31. The summed E-state index contributed by atoms with van der Waals surface area (Å²) in [5.41, 5.74) is 1.50. The third-order valence-corrected chi connectivity index (χ3v) is 6.38. The lowest BCUT2D eigenvalue weighted by atomic mass is 10.0. The van der Waals surface area contributed by atoms with E-state index >= 15 is 0 Å². The molecule has 10 heteroatoms. The van der Waals surface area contributed by atoms with Gasteiger partial charge in [0.2, 0.25) is 5.95 Å². The molecule has 0 bridgehead atoms. The van der Waals surface area contributed by atoms with Crippen LogP contribution < -0.4 is 0 Å². The summed E-state index contributed by atoms with van der Waals surface area (Å²) in [6.07, 6.45) is 3.67. The van der Waals surface area contributed by atoms with Crippen LogP contribution in [0.25, 0.3) is 22.0 Å². The van der Waals surface area contributed by atoms with Crippen molar-refractivity contribution in [1.82, 2.24) is 13.9 Å². The zero-order chi connectivity index (χ0) is 21.5. The van der Waals surface area contributed by atoms with Crippen molar-refractivity contribution in [2.75, 3.05) is 7.11 Å². The summed E-state index contributed by atoms with van der Waals surface area (Å²) in [4.78, 5) is 19.6. The van der Waals surface area contributed by atoms with Gasteiger partial charge in [0.05, 0.1) is 18.2 Å². The van der Waals surface area contributed by atoms with Crippen LogP contribution in [0.3, 0.4) is 0 Å². The molecule has 3 aromatic heterocycles. The SMILES string of the molecule is COC(=O)c1cn(S(=O)(=O)c2ccc(Cl)nc2)c2cc(-c3ccc(F)nc3)ccc12. The van der Waals surface area contributed by atoms with E-state index < -0.39 is 21.9 Å². The standard InChI is InChI=1S/C20H13ClFN3O4S/c1-29-20(26)16-11-25(30(27,28)14-4-6-18(21)23-10-14)17-8-12(2-5-15(16)17)13-3-7-19(22)24-9-13/h2-11H,1H3.